The Hall–Kier alpha value is -1.97. The maximum atomic E-state index is 13.1. The van der Waals surface area contributed by atoms with Crippen molar-refractivity contribution in [2.75, 3.05) is 13.2 Å². The first-order valence-electron chi connectivity index (χ1n) is 10.9. The summed E-state index contributed by atoms with van der Waals surface area (Å²) in [6.07, 6.45) is 4.08. The molecule has 2 fully saturated rings. The predicted octanol–water partition coefficient (Wildman–Crippen LogP) is 6.07. The van der Waals surface area contributed by atoms with E-state index in [0.717, 1.165) is 65.3 Å². The van der Waals surface area contributed by atoms with Gasteiger partial charge in [0.2, 0.25) is 0 Å². The second kappa shape index (κ2) is 9.03. The summed E-state index contributed by atoms with van der Waals surface area (Å²) >= 11 is 6.17. The van der Waals surface area contributed by atoms with Crippen molar-refractivity contribution in [1.82, 2.24) is 0 Å². The molecule has 0 unspecified atom stereocenters. The quantitative estimate of drug-likeness (QED) is 0.559. The van der Waals surface area contributed by atoms with Crippen molar-refractivity contribution in [3.63, 3.8) is 0 Å². The van der Waals surface area contributed by atoms with Crippen LogP contribution in [0.15, 0.2) is 36.4 Å². The number of halogens is 1. The van der Waals surface area contributed by atoms with Gasteiger partial charge in [-0.3, -0.25) is 9.59 Å². The number of hydrogen-bond acceptors (Lipinski definition) is 3. The maximum Gasteiger partial charge on any atom is 0.148 e. The summed E-state index contributed by atoms with van der Waals surface area (Å²) in [5.41, 5.74) is 4.93. The molecule has 2 aliphatic rings. The molecule has 1 heterocycles. The molecule has 30 heavy (non-hydrogen) atoms. The van der Waals surface area contributed by atoms with E-state index in [0.29, 0.717) is 18.8 Å². The Morgan fingerprint density at radius 3 is 2.17 bits per heavy atom. The van der Waals surface area contributed by atoms with Crippen molar-refractivity contribution in [3.05, 3.63) is 58.1 Å². The van der Waals surface area contributed by atoms with Crippen LogP contribution in [0.3, 0.4) is 0 Å². The van der Waals surface area contributed by atoms with E-state index in [1.54, 1.807) is 0 Å². The lowest BCUT2D eigenvalue weighted by molar-refractivity contribution is -0.134. The minimum Gasteiger partial charge on any atom is -0.381 e. The molecule has 2 aromatic rings. The van der Waals surface area contributed by atoms with Crippen molar-refractivity contribution in [1.29, 1.82) is 0 Å². The van der Waals surface area contributed by atoms with Crippen molar-refractivity contribution in [3.8, 4) is 11.1 Å². The predicted molar refractivity (Wildman–Crippen MR) is 120 cm³/mol. The van der Waals surface area contributed by atoms with Crippen LogP contribution in [0, 0.1) is 25.7 Å². The number of benzene rings is 2. The molecular weight excluding hydrogens is 396 g/mol. The highest BCUT2D eigenvalue weighted by Crippen LogP contribution is 2.38. The first kappa shape index (κ1) is 21.3. The summed E-state index contributed by atoms with van der Waals surface area (Å²) in [6, 6.07) is 12.0. The number of carbonyl (C=O) groups excluding carboxylic acids is 2. The topological polar surface area (TPSA) is 43.4 Å². The summed E-state index contributed by atoms with van der Waals surface area (Å²) in [6.45, 7) is 5.57. The van der Waals surface area contributed by atoms with Gasteiger partial charge in [-0.15, -0.1) is 0 Å². The van der Waals surface area contributed by atoms with E-state index in [2.05, 4.69) is 0 Å². The molecule has 0 bridgehead atoms. The fraction of sp³-hybridized carbons (Fsp3) is 0.462. The Kier molecular flexibility index (Phi) is 6.40. The number of ether oxygens (including phenoxy) is 1. The molecule has 4 rings (SSSR count). The van der Waals surface area contributed by atoms with Gasteiger partial charge in [0.25, 0.3) is 0 Å². The van der Waals surface area contributed by atoms with E-state index in [1.165, 1.54) is 0 Å². The van der Waals surface area contributed by atoms with E-state index in [1.807, 2.05) is 50.2 Å². The van der Waals surface area contributed by atoms with Gasteiger partial charge in [0.05, 0.1) is 0 Å². The zero-order valence-electron chi connectivity index (χ0n) is 17.7. The highest BCUT2D eigenvalue weighted by molar-refractivity contribution is 6.31. The molecule has 0 amide bonds. The molecule has 1 saturated carbocycles. The van der Waals surface area contributed by atoms with Crippen molar-refractivity contribution < 1.29 is 14.3 Å². The summed E-state index contributed by atoms with van der Waals surface area (Å²) < 4.78 is 5.44. The number of ketones is 2. The summed E-state index contributed by atoms with van der Waals surface area (Å²) in [5, 5.41) is 0.735. The molecule has 2 aromatic carbocycles. The minimum absolute atomic E-state index is 0.0795. The molecule has 1 saturated heterocycles. The van der Waals surface area contributed by atoms with Crippen molar-refractivity contribution in [2.45, 2.75) is 51.9 Å². The van der Waals surface area contributed by atoms with Crippen LogP contribution in [0.2, 0.25) is 5.02 Å². The summed E-state index contributed by atoms with van der Waals surface area (Å²) in [4.78, 5) is 26.2. The smallest absolute Gasteiger partial charge is 0.148 e. The second-order valence-corrected chi connectivity index (χ2v) is 9.37. The van der Waals surface area contributed by atoms with Crippen LogP contribution in [0.1, 0.15) is 54.7 Å². The molecule has 0 aromatic heterocycles. The van der Waals surface area contributed by atoms with E-state index < -0.39 is 5.92 Å². The minimum atomic E-state index is -0.621. The van der Waals surface area contributed by atoms with Gasteiger partial charge in [-0.05, 0) is 91.0 Å². The largest absolute Gasteiger partial charge is 0.381 e. The van der Waals surface area contributed by atoms with E-state index in [-0.39, 0.29) is 17.5 Å². The van der Waals surface area contributed by atoms with Crippen LogP contribution in [-0.2, 0) is 14.3 Å². The number of aryl methyl sites for hydroxylation is 2. The zero-order chi connectivity index (χ0) is 21.3. The fourth-order valence-electron chi connectivity index (χ4n) is 4.98. The molecule has 0 N–H and O–H groups in total. The first-order valence-corrected chi connectivity index (χ1v) is 11.3. The van der Waals surface area contributed by atoms with Gasteiger partial charge in [0.1, 0.15) is 17.5 Å². The Labute approximate surface area is 183 Å². The summed E-state index contributed by atoms with van der Waals surface area (Å²) in [7, 11) is 0. The monoisotopic (exact) mass is 424 g/mol. The average Bonchev–Trinajstić information content (AvgIpc) is 2.72. The van der Waals surface area contributed by atoms with E-state index in [4.69, 9.17) is 16.3 Å². The summed E-state index contributed by atoms with van der Waals surface area (Å²) in [5.74, 6) is 0.307. The molecule has 1 aliphatic heterocycles. The zero-order valence-corrected chi connectivity index (χ0v) is 18.5. The van der Waals surface area contributed by atoms with Crippen LogP contribution < -0.4 is 0 Å². The van der Waals surface area contributed by atoms with Gasteiger partial charge in [-0.25, -0.2) is 0 Å². The average molecular weight is 425 g/mol. The molecule has 1 aliphatic carbocycles. The molecule has 0 atom stereocenters. The van der Waals surface area contributed by atoms with E-state index in [9.17, 15) is 9.59 Å². The second-order valence-electron chi connectivity index (χ2n) is 8.97. The van der Waals surface area contributed by atoms with Gasteiger partial charge >= 0.3 is 0 Å². The van der Waals surface area contributed by atoms with Crippen molar-refractivity contribution >= 4 is 23.2 Å². The number of hydrogen-bond donors (Lipinski definition) is 0. The highest BCUT2D eigenvalue weighted by Gasteiger charge is 2.38. The molecule has 0 spiro atoms. The van der Waals surface area contributed by atoms with Crippen LogP contribution >= 0.6 is 11.6 Å². The Balaban J connectivity index is 1.55. The Morgan fingerprint density at radius 1 is 0.867 bits per heavy atom. The van der Waals surface area contributed by atoms with Gasteiger partial charge in [0.15, 0.2) is 0 Å². The molecule has 4 heteroatoms. The lowest BCUT2D eigenvalue weighted by Crippen LogP contribution is -2.33. The van der Waals surface area contributed by atoms with Gasteiger partial charge < -0.3 is 4.74 Å². The van der Waals surface area contributed by atoms with Gasteiger partial charge in [-0.1, -0.05) is 29.8 Å². The Morgan fingerprint density at radius 2 is 1.50 bits per heavy atom. The lowest BCUT2D eigenvalue weighted by atomic mass is 9.72. The first-order chi connectivity index (χ1) is 14.4. The van der Waals surface area contributed by atoms with Gasteiger partial charge in [-0.2, -0.15) is 0 Å². The molecule has 0 radical (unpaired) electrons. The molecular formula is C26H29ClO3. The van der Waals surface area contributed by atoms with Crippen LogP contribution in [0.4, 0.5) is 0 Å². The van der Waals surface area contributed by atoms with E-state index >= 15 is 0 Å². The lowest BCUT2D eigenvalue weighted by Gasteiger charge is -2.31. The number of rotatable bonds is 4. The number of carbonyl (C=O) groups is 2. The van der Waals surface area contributed by atoms with Crippen LogP contribution in [0.5, 0.6) is 0 Å². The van der Waals surface area contributed by atoms with Gasteiger partial charge in [0, 0.05) is 31.1 Å². The third kappa shape index (κ3) is 4.53. The maximum absolute atomic E-state index is 13.1. The van der Waals surface area contributed by atoms with Crippen LogP contribution in [0.25, 0.3) is 11.1 Å². The normalized spacial score (nSPS) is 23.0. The van der Waals surface area contributed by atoms with Crippen molar-refractivity contribution in [2.24, 2.45) is 11.8 Å². The number of Topliss-reactive ketones (excluding diaryl/α,β-unsaturated/α-hetero) is 2. The molecule has 3 nitrogen and oxygen atoms in total. The molecule has 158 valence electrons. The van der Waals surface area contributed by atoms with Crippen LogP contribution in [-0.4, -0.2) is 24.8 Å². The Bertz CT molecular complexity index is 941. The SMILES string of the molecule is Cc1cc(-c2ccc(C)c(C3C(=O)CC(CC4CCOCC4)CC3=O)c2)ccc1Cl. The standard InChI is InChI=1S/C26H29ClO3/c1-16-3-4-21(20-5-6-23(27)17(2)11-20)15-22(16)26-24(28)13-19(14-25(26)29)12-18-7-9-30-10-8-18/h3-6,11,15,18-19,26H,7-10,12-14H2,1-2H3. The highest BCUT2D eigenvalue weighted by atomic mass is 35.5. The fourth-order valence-corrected chi connectivity index (χ4v) is 5.10. The third-order valence-electron chi connectivity index (χ3n) is 6.71. The third-order valence-corrected chi connectivity index (χ3v) is 7.14.